The number of rotatable bonds is 2. The largest absolute Gasteiger partial charge is 0.337 e. The topological polar surface area (TPSA) is 29.9 Å². The van der Waals surface area contributed by atoms with Gasteiger partial charge in [0.15, 0.2) is 0 Å². The Hall–Kier alpha value is -1.32. The molecule has 1 aromatic heterocycles. The van der Waals surface area contributed by atoms with Crippen LogP contribution in [0.3, 0.4) is 0 Å². The molecule has 0 amide bonds. The van der Waals surface area contributed by atoms with Crippen molar-refractivity contribution in [1.29, 1.82) is 0 Å². The van der Waals surface area contributed by atoms with Crippen LogP contribution in [0.5, 0.6) is 0 Å². The Labute approximate surface area is 118 Å². The van der Waals surface area contributed by atoms with Gasteiger partial charge >= 0.3 is 0 Å². The molecule has 2 aromatic rings. The lowest BCUT2D eigenvalue weighted by Gasteiger charge is -2.32. The van der Waals surface area contributed by atoms with Gasteiger partial charge in [-0.3, -0.25) is 0 Å². The first kappa shape index (κ1) is 12.7. The molecule has 0 bridgehead atoms. The Morgan fingerprint density at radius 2 is 2.26 bits per heavy atom. The number of nitrogens with zero attached hydrogens (tertiary/aromatic N) is 2. The Balaban J connectivity index is 1.96. The van der Waals surface area contributed by atoms with E-state index in [4.69, 9.17) is 11.6 Å². The Kier molecular flexibility index (Phi) is 3.58. The Morgan fingerprint density at radius 1 is 1.37 bits per heavy atom. The summed E-state index contributed by atoms with van der Waals surface area (Å²) in [7, 11) is 2.07. The Morgan fingerprint density at radius 3 is 3.00 bits per heavy atom. The van der Waals surface area contributed by atoms with Crippen molar-refractivity contribution in [2.24, 2.45) is 7.05 Å². The first-order chi connectivity index (χ1) is 9.25. The van der Waals surface area contributed by atoms with Crippen molar-refractivity contribution >= 4 is 11.6 Å². The van der Waals surface area contributed by atoms with E-state index in [1.165, 1.54) is 11.3 Å². The van der Waals surface area contributed by atoms with E-state index in [9.17, 15) is 0 Å². The van der Waals surface area contributed by atoms with Gasteiger partial charge in [-0.2, -0.15) is 0 Å². The van der Waals surface area contributed by atoms with E-state index in [2.05, 4.69) is 34.0 Å². The van der Waals surface area contributed by atoms with Crippen LogP contribution < -0.4 is 5.32 Å². The van der Waals surface area contributed by atoms with Crippen LogP contribution in [0.1, 0.15) is 29.5 Å². The van der Waals surface area contributed by atoms with Crippen LogP contribution in [-0.2, 0) is 7.05 Å². The van der Waals surface area contributed by atoms with E-state index in [0.717, 1.165) is 24.5 Å². The van der Waals surface area contributed by atoms with Crippen LogP contribution >= 0.6 is 11.6 Å². The number of hydrogen-bond acceptors (Lipinski definition) is 2. The summed E-state index contributed by atoms with van der Waals surface area (Å²) in [5.41, 5.74) is 2.62. The third-order valence-corrected chi connectivity index (χ3v) is 4.23. The lowest BCUT2D eigenvalue weighted by atomic mass is 9.79. The minimum atomic E-state index is 0.461. The number of aromatic nitrogens is 2. The molecule has 0 radical (unpaired) electrons. The van der Waals surface area contributed by atoms with E-state index < -0.39 is 0 Å². The van der Waals surface area contributed by atoms with Gasteiger partial charge in [0, 0.05) is 42.3 Å². The summed E-state index contributed by atoms with van der Waals surface area (Å²) in [6.45, 7) is 2.06. The third kappa shape index (κ3) is 2.53. The average Bonchev–Trinajstić information content (AvgIpc) is 2.85. The standard InChI is InChI=1S/C15H18ClN3/c1-19-10-18-9-15(19)13-5-6-17-8-14(13)11-3-2-4-12(16)7-11/h2-4,7,9-10,13-14,17H,5-6,8H2,1H3. The highest BCUT2D eigenvalue weighted by Crippen LogP contribution is 2.37. The van der Waals surface area contributed by atoms with Gasteiger partial charge in [0.1, 0.15) is 0 Å². The molecule has 1 aromatic carbocycles. The number of hydrogen-bond donors (Lipinski definition) is 1. The maximum absolute atomic E-state index is 6.13. The smallest absolute Gasteiger partial charge is 0.0945 e. The van der Waals surface area contributed by atoms with Crippen LogP contribution in [0.2, 0.25) is 5.02 Å². The fraction of sp³-hybridized carbons (Fsp3) is 0.400. The molecule has 2 atom stereocenters. The quantitative estimate of drug-likeness (QED) is 0.913. The number of imidazole rings is 1. The Bertz CT molecular complexity index is 564. The van der Waals surface area contributed by atoms with Crippen LogP contribution in [-0.4, -0.2) is 22.6 Å². The maximum Gasteiger partial charge on any atom is 0.0945 e. The van der Waals surface area contributed by atoms with Crippen molar-refractivity contribution in [1.82, 2.24) is 14.9 Å². The van der Waals surface area contributed by atoms with E-state index in [0.29, 0.717) is 11.8 Å². The second-order valence-corrected chi connectivity index (χ2v) is 5.63. The van der Waals surface area contributed by atoms with Gasteiger partial charge in [-0.1, -0.05) is 23.7 Å². The van der Waals surface area contributed by atoms with Gasteiger partial charge in [-0.05, 0) is 30.7 Å². The molecule has 3 rings (SSSR count). The zero-order valence-corrected chi connectivity index (χ0v) is 11.8. The first-order valence-corrected chi connectivity index (χ1v) is 7.06. The van der Waals surface area contributed by atoms with Crippen molar-refractivity contribution in [2.75, 3.05) is 13.1 Å². The molecule has 1 N–H and O–H groups in total. The fourth-order valence-corrected chi connectivity index (χ4v) is 3.22. The molecule has 0 saturated carbocycles. The molecule has 100 valence electrons. The van der Waals surface area contributed by atoms with Gasteiger partial charge in [0.05, 0.1) is 6.33 Å². The van der Waals surface area contributed by atoms with E-state index >= 15 is 0 Å². The van der Waals surface area contributed by atoms with Crippen molar-refractivity contribution in [3.8, 4) is 0 Å². The van der Waals surface area contributed by atoms with Crippen LogP contribution in [0.4, 0.5) is 0 Å². The zero-order valence-electron chi connectivity index (χ0n) is 11.0. The maximum atomic E-state index is 6.13. The SMILES string of the molecule is Cn1cncc1C1CCNCC1c1cccc(Cl)c1. The fourth-order valence-electron chi connectivity index (χ4n) is 3.02. The molecule has 2 heterocycles. The van der Waals surface area contributed by atoms with E-state index in [-0.39, 0.29) is 0 Å². The summed E-state index contributed by atoms with van der Waals surface area (Å²) in [5, 5.41) is 4.30. The minimum Gasteiger partial charge on any atom is -0.337 e. The highest BCUT2D eigenvalue weighted by molar-refractivity contribution is 6.30. The number of piperidine rings is 1. The molecule has 1 aliphatic rings. The van der Waals surface area contributed by atoms with Crippen molar-refractivity contribution < 1.29 is 0 Å². The predicted octanol–water partition coefficient (Wildman–Crippen LogP) is 2.93. The van der Waals surface area contributed by atoms with Crippen LogP contribution in [0, 0.1) is 0 Å². The van der Waals surface area contributed by atoms with Gasteiger partial charge in [-0.25, -0.2) is 4.98 Å². The number of aryl methyl sites for hydroxylation is 1. The molecular weight excluding hydrogens is 258 g/mol. The minimum absolute atomic E-state index is 0.461. The van der Waals surface area contributed by atoms with Crippen molar-refractivity contribution in [3.05, 3.63) is 53.1 Å². The second kappa shape index (κ2) is 5.35. The number of nitrogens with one attached hydrogen (secondary N) is 1. The highest BCUT2D eigenvalue weighted by Gasteiger charge is 2.29. The molecule has 0 spiro atoms. The second-order valence-electron chi connectivity index (χ2n) is 5.19. The molecule has 19 heavy (non-hydrogen) atoms. The molecular formula is C15H18ClN3. The normalized spacial score (nSPS) is 23.5. The molecule has 3 nitrogen and oxygen atoms in total. The summed E-state index contributed by atoms with van der Waals surface area (Å²) >= 11 is 6.13. The predicted molar refractivity (Wildman–Crippen MR) is 77.6 cm³/mol. The number of benzene rings is 1. The first-order valence-electron chi connectivity index (χ1n) is 6.68. The third-order valence-electron chi connectivity index (χ3n) is 3.99. The average molecular weight is 276 g/mol. The molecule has 0 aliphatic carbocycles. The van der Waals surface area contributed by atoms with E-state index in [1.807, 2.05) is 24.7 Å². The van der Waals surface area contributed by atoms with Gasteiger partial charge in [0.25, 0.3) is 0 Å². The lowest BCUT2D eigenvalue weighted by Crippen LogP contribution is -2.34. The van der Waals surface area contributed by atoms with E-state index in [1.54, 1.807) is 0 Å². The zero-order chi connectivity index (χ0) is 13.2. The highest BCUT2D eigenvalue weighted by atomic mass is 35.5. The van der Waals surface area contributed by atoms with Gasteiger partial charge < -0.3 is 9.88 Å². The summed E-state index contributed by atoms with van der Waals surface area (Å²) < 4.78 is 2.13. The molecule has 1 saturated heterocycles. The summed E-state index contributed by atoms with van der Waals surface area (Å²) in [5.74, 6) is 0.968. The molecule has 1 fully saturated rings. The molecule has 2 unspecified atom stereocenters. The van der Waals surface area contributed by atoms with Crippen LogP contribution in [0.15, 0.2) is 36.8 Å². The molecule has 4 heteroatoms. The van der Waals surface area contributed by atoms with Gasteiger partial charge in [-0.15, -0.1) is 0 Å². The van der Waals surface area contributed by atoms with Crippen molar-refractivity contribution in [2.45, 2.75) is 18.3 Å². The van der Waals surface area contributed by atoms with Crippen molar-refractivity contribution in [3.63, 3.8) is 0 Å². The van der Waals surface area contributed by atoms with Gasteiger partial charge in [0.2, 0.25) is 0 Å². The molecule has 1 aliphatic heterocycles. The number of halogens is 1. The summed E-state index contributed by atoms with van der Waals surface area (Å²) in [6.07, 6.45) is 5.01. The lowest BCUT2D eigenvalue weighted by molar-refractivity contribution is 0.392. The summed E-state index contributed by atoms with van der Waals surface area (Å²) in [4.78, 5) is 4.26. The summed E-state index contributed by atoms with van der Waals surface area (Å²) in [6, 6.07) is 8.22. The monoisotopic (exact) mass is 275 g/mol. The van der Waals surface area contributed by atoms with Crippen LogP contribution in [0.25, 0.3) is 0 Å².